The summed E-state index contributed by atoms with van der Waals surface area (Å²) in [5, 5.41) is 16.6. The Morgan fingerprint density at radius 2 is 1.60 bits per heavy atom. The molecule has 3 heterocycles. The van der Waals surface area contributed by atoms with Gasteiger partial charge in [-0.15, -0.1) is 0 Å². The first-order valence-electron chi connectivity index (χ1n) is 13.8. The van der Waals surface area contributed by atoms with Crippen LogP contribution in [0.2, 0.25) is 0 Å². The number of hydrogen-bond acceptors (Lipinski definition) is 11. The molecule has 0 atom stereocenters. The third-order valence-corrected chi connectivity index (χ3v) is 6.63. The van der Waals surface area contributed by atoms with Crippen LogP contribution < -0.4 is 24.8 Å². The molecule has 2 aliphatic heterocycles. The molecular formula is C29H32F3N5O6. The number of anilines is 3. The van der Waals surface area contributed by atoms with Gasteiger partial charge in [-0.3, -0.25) is 0 Å². The molecule has 14 heteroatoms. The first kappa shape index (κ1) is 30.2. The molecule has 0 saturated heterocycles. The molecule has 3 aliphatic rings. The summed E-state index contributed by atoms with van der Waals surface area (Å²) in [4.78, 5) is 12.6. The Kier molecular flexibility index (Phi) is 9.36. The van der Waals surface area contributed by atoms with Gasteiger partial charge in [-0.05, 0) is 55.7 Å². The van der Waals surface area contributed by atoms with Gasteiger partial charge in [0.1, 0.15) is 30.5 Å². The summed E-state index contributed by atoms with van der Waals surface area (Å²) in [6.07, 6.45) is -1.54. The van der Waals surface area contributed by atoms with Gasteiger partial charge in [-0.1, -0.05) is 12.1 Å². The predicted octanol–water partition coefficient (Wildman–Crippen LogP) is 5.38. The van der Waals surface area contributed by atoms with Crippen molar-refractivity contribution in [2.24, 2.45) is 0 Å². The van der Waals surface area contributed by atoms with E-state index < -0.39 is 24.3 Å². The van der Waals surface area contributed by atoms with Crippen LogP contribution in [0, 0.1) is 0 Å². The SMILES string of the molecule is CC=C(O)c1ccc2cc1OCCOCCOCCOc1ccc(cc1)C1(CC1)Nc1nc(nc(OCC(F)(F)F)n1)N2. The van der Waals surface area contributed by atoms with E-state index in [4.69, 9.17) is 23.7 Å². The van der Waals surface area contributed by atoms with E-state index in [1.165, 1.54) is 6.08 Å². The molecule has 2 aromatic carbocycles. The fraction of sp³-hybridized carbons (Fsp3) is 0.414. The number of alkyl halides is 3. The summed E-state index contributed by atoms with van der Waals surface area (Å²) in [7, 11) is 0. The lowest BCUT2D eigenvalue weighted by Crippen LogP contribution is -2.23. The van der Waals surface area contributed by atoms with Crippen LogP contribution in [0.25, 0.3) is 5.76 Å². The minimum atomic E-state index is -4.58. The van der Waals surface area contributed by atoms with Crippen LogP contribution in [-0.4, -0.2) is 72.5 Å². The standard InChI is InChI=1S/C29H32F3N5O6/c1-2-23(38)22-8-5-20-17-24(22)42-16-14-40-12-11-39-13-15-41-21-6-3-19(4-7-21)28(9-10-28)37-26-34-25(33-20)35-27(36-26)43-18-29(30,31)32/h2-8,17,38H,9-16,18H2,1H3,(H2,33,34,35,36,37). The summed E-state index contributed by atoms with van der Waals surface area (Å²) in [5.41, 5.74) is 1.32. The number of hydrogen-bond donors (Lipinski definition) is 3. The van der Waals surface area contributed by atoms with Crippen LogP contribution in [-0.2, 0) is 15.0 Å². The van der Waals surface area contributed by atoms with E-state index in [0.717, 1.165) is 18.4 Å². The maximum atomic E-state index is 12.9. The third kappa shape index (κ3) is 8.38. The van der Waals surface area contributed by atoms with Crippen molar-refractivity contribution in [1.29, 1.82) is 0 Å². The summed E-state index contributed by atoms with van der Waals surface area (Å²) < 4.78 is 66.5. The molecule has 0 unspecified atom stereocenters. The van der Waals surface area contributed by atoms with Gasteiger partial charge < -0.3 is 39.4 Å². The highest BCUT2D eigenvalue weighted by Crippen LogP contribution is 2.48. The van der Waals surface area contributed by atoms with Gasteiger partial charge in [0.15, 0.2) is 6.61 Å². The van der Waals surface area contributed by atoms with Crippen molar-refractivity contribution >= 4 is 23.3 Å². The average molecular weight is 604 g/mol. The molecule has 1 spiro atoms. The van der Waals surface area contributed by atoms with Gasteiger partial charge in [0.05, 0.1) is 37.5 Å². The lowest BCUT2D eigenvalue weighted by atomic mass is 10.1. The molecule has 230 valence electrons. The topological polar surface area (TPSA) is 129 Å². The highest BCUT2D eigenvalue weighted by Gasteiger charge is 2.45. The maximum Gasteiger partial charge on any atom is 0.422 e. The van der Waals surface area contributed by atoms with Crippen molar-refractivity contribution in [2.45, 2.75) is 31.5 Å². The normalized spacial score (nSPS) is 17.6. The highest BCUT2D eigenvalue weighted by atomic mass is 19.4. The molecule has 0 radical (unpaired) electrons. The largest absolute Gasteiger partial charge is 0.508 e. The number of rotatable bonds is 3. The number of nitrogens with zero attached hydrogens (tertiary/aromatic N) is 3. The lowest BCUT2D eigenvalue weighted by molar-refractivity contribution is -0.154. The Labute approximate surface area is 246 Å². The Bertz CT molecular complexity index is 1420. The molecule has 43 heavy (non-hydrogen) atoms. The molecule has 0 amide bonds. The molecule has 6 bridgehead atoms. The first-order chi connectivity index (χ1) is 20.7. The highest BCUT2D eigenvalue weighted by molar-refractivity contribution is 5.69. The van der Waals surface area contributed by atoms with Gasteiger partial charge in [0, 0.05) is 11.8 Å². The van der Waals surface area contributed by atoms with Crippen molar-refractivity contribution in [1.82, 2.24) is 15.0 Å². The molecular weight excluding hydrogens is 571 g/mol. The fourth-order valence-corrected chi connectivity index (χ4v) is 4.34. The minimum Gasteiger partial charge on any atom is -0.508 e. The summed E-state index contributed by atoms with van der Waals surface area (Å²) >= 11 is 0. The number of fused-ring (bicyclic) bond motifs is 11. The van der Waals surface area contributed by atoms with Gasteiger partial charge in [0.2, 0.25) is 11.9 Å². The third-order valence-electron chi connectivity index (χ3n) is 6.63. The number of aliphatic hydroxyl groups is 1. The van der Waals surface area contributed by atoms with E-state index in [0.29, 0.717) is 49.2 Å². The number of ether oxygens (including phenoxy) is 5. The second-order valence-corrected chi connectivity index (χ2v) is 9.83. The molecule has 3 aromatic rings. The number of nitrogens with one attached hydrogen (secondary N) is 2. The van der Waals surface area contributed by atoms with E-state index in [1.54, 1.807) is 25.1 Å². The Hall–Kier alpha value is -4.30. The zero-order chi connectivity index (χ0) is 30.3. The molecule has 11 nitrogen and oxygen atoms in total. The van der Waals surface area contributed by atoms with Crippen molar-refractivity contribution in [2.75, 3.05) is 56.9 Å². The maximum absolute atomic E-state index is 12.9. The van der Waals surface area contributed by atoms with E-state index >= 15 is 0 Å². The zero-order valence-corrected chi connectivity index (χ0v) is 23.4. The summed E-state index contributed by atoms with van der Waals surface area (Å²) in [5.74, 6) is 1.02. The fourth-order valence-electron chi connectivity index (χ4n) is 4.34. The molecule has 6 rings (SSSR count). The molecule has 1 saturated carbocycles. The van der Waals surface area contributed by atoms with Crippen LogP contribution in [0.1, 0.15) is 30.9 Å². The van der Waals surface area contributed by atoms with Crippen LogP contribution in [0.4, 0.5) is 30.8 Å². The van der Waals surface area contributed by atoms with Crippen LogP contribution >= 0.6 is 0 Å². The lowest BCUT2D eigenvalue weighted by Gasteiger charge is -2.19. The zero-order valence-electron chi connectivity index (χ0n) is 23.4. The second-order valence-electron chi connectivity index (χ2n) is 9.83. The molecule has 3 N–H and O–H groups in total. The molecule has 1 aliphatic carbocycles. The van der Waals surface area contributed by atoms with Gasteiger partial charge in [0.25, 0.3) is 0 Å². The summed E-state index contributed by atoms with van der Waals surface area (Å²) in [6.45, 7) is 2.08. The Morgan fingerprint density at radius 1 is 0.930 bits per heavy atom. The number of halogens is 3. The van der Waals surface area contributed by atoms with Crippen molar-refractivity contribution in [3.05, 3.63) is 59.7 Å². The van der Waals surface area contributed by atoms with Crippen molar-refractivity contribution in [3.63, 3.8) is 0 Å². The van der Waals surface area contributed by atoms with Gasteiger partial charge in [-0.25, -0.2) is 0 Å². The number of benzene rings is 2. The smallest absolute Gasteiger partial charge is 0.422 e. The quantitative estimate of drug-likeness (QED) is 0.264. The average Bonchev–Trinajstić information content (AvgIpc) is 3.76. The van der Waals surface area contributed by atoms with Gasteiger partial charge in [-0.2, -0.15) is 28.1 Å². The van der Waals surface area contributed by atoms with E-state index in [9.17, 15) is 18.3 Å². The second kappa shape index (κ2) is 13.3. The van der Waals surface area contributed by atoms with Crippen LogP contribution in [0.3, 0.4) is 0 Å². The van der Waals surface area contributed by atoms with Gasteiger partial charge >= 0.3 is 12.2 Å². The van der Waals surface area contributed by atoms with Crippen molar-refractivity contribution < 1.29 is 42.0 Å². The Balaban J connectivity index is 1.46. The number of allylic oxidation sites excluding steroid dienone is 1. The molecule has 1 fully saturated rings. The first-order valence-corrected chi connectivity index (χ1v) is 13.8. The molecule has 1 aromatic heterocycles. The van der Waals surface area contributed by atoms with E-state index in [-0.39, 0.29) is 30.9 Å². The minimum absolute atomic E-state index is 0.00701. The van der Waals surface area contributed by atoms with E-state index in [1.807, 2.05) is 24.3 Å². The summed E-state index contributed by atoms with van der Waals surface area (Å²) in [6, 6.07) is 11.9. The number of aliphatic hydroxyl groups excluding tert-OH is 1. The van der Waals surface area contributed by atoms with Crippen molar-refractivity contribution in [3.8, 4) is 17.5 Å². The Morgan fingerprint density at radius 3 is 2.28 bits per heavy atom. The predicted molar refractivity (Wildman–Crippen MR) is 151 cm³/mol. The monoisotopic (exact) mass is 603 g/mol. The van der Waals surface area contributed by atoms with Crippen LogP contribution in [0.5, 0.6) is 17.5 Å². The van der Waals surface area contributed by atoms with E-state index in [2.05, 4.69) is 25.6 Å². The number of aromatic nitrogens is 3. The van der Waals surface area contributed by atoms with Crippen LogP contribution in [0.15, 0.2) is 48.5 Å².